The minimum Gasteiger partial charge on any atom is -0.455 e. The van der Waals surface area contributed by atoms with Gasteiger partial charge in [-0.05, 0) is 19.2 Å². The fourth-order valence-electron chi connectivity index (χ4n) is 2.83. The first-order valence-corrected chi connectivity index (χ1v) is 7.72. The first kappa shape index (κ1) is 14.6. The summed E-state index contributed by atoms with van der Waals surface area (Å²) in [6, 6.07) is 3.75. The number of nitrogens with one attached hydrogen (secondary N) is 1. The van der Waals surface area contributed by atoms with Crippen LogP contribution in [-0.2, 0) is 6.54 Å². The third-order valence-electron chi connectivity index (χ3n) is 4.25. The van der Waals surface area contributed by atoms with Gasteiger partial charge in [-0.2, -0.15) is 0 Å². The van der Waals surface area contributed by atoms with Crippen LogP contribution in [0.25, 0.3) is 0 Å². The lowest BCUT2D eigenvalue weighted by molar-refractivity contribution is 0.0698. The van der Waals surface area contributed by atoms with Gasteiger partial charge >= 0.3 is 0 Å². The lowest BCUT2D eigenvalue weighted by atomic mass is 10.3. The Hall–Kier alpha value is -1.37. The summed E-state index contributed by atoms with van der Waals surface area (Å²) in [5.41, 5.74) is 0. The van der Waals surface area contributed by atoms with Gasteiger partial charge in [-0.25, -0.2) is 0 Å². The lowest BCUT2D eigenvalue weighted by Crippen LogP contribution is -2.46. The van der Waals surface area contributed by atoms with Crippen LogP contribution in [0.4, 0.5) is 0 Å². The van der Waals surface area contributed by atoms with Crippen molar-refractivity contribution in [2.24, 2.45) is 0 Å². The SMILES string of the molecule is CN1CCN(Cc2ccc(C(=O)N3CCNCC3)o2)CC1. The normalized spacial score (nSPS) is 21.7. The van der Waals surface area contributed by atoms with E-state index in [2.05, 4.69) is 22.2 Å². The number of hydrogen-bond acceptors (Lipinski definition) is 5. The molecule has 1 aromatic rings. The van der Waals surface area contributed by atoms with Crippen LogP contribution in [-0.4, -0.2) is 80.0 Å². The van der Waals surface area contributed by atoms with E-state index < -0.39 is 0 Å². The van der Waals surface area contributed by atoms with Crippen molar-refractivity contribution in [1.29, 1.82) is 0 Å². The summed E-state index contributed by atoms with van der Waals surface area (Å²) < 4.78 is 5.76. The number of rotatable bonds is 3. The maximum atomic E-state index is 12.3. The van der Waals surface area contributed by atoms with Crippen LogP contribution in [0.2, 0.25) is 0 Å². The summed E-state index contributed by atoms with van der Waals surface area (Å²) in [7, 11) is 2.15. The highest BCUT2D eigenvalue weighted by atomic mass is 16.4. The number of likely N-dealkylation sites (N-methyl/N-ethyl adjacent to an activating group) is 1. The number of furan rings is 1. The Morgan fingerprint density at radius 1 is 1.14 bits per heavy atom. The Balaban J connectivity index is 1.56. The maximum absolute atomic E-state index is 12.3. The molecule has 0 atom stereocenters. The van der Waals surface area contributed by atoms with Crippen molar-refractivity contribution < 1.29 is 9.21 Å². The van der Waals surface area contributed by atoms with Crippen LogP contribution >= 0.6 is 0 Å². The number of piperazine rings is 2. The molecule has 116 valence electrons. The molecule has 21 heavy (non-hydrogen) atoms. The molecule has 2 aliphatic heterocycles. The number of nitrogens with zero attached hydrogens (tertiary/aromatic N) is 3. The molecule has 6 heteroatoms. The van der Waals surface area contributed by atoms with Crippen LogP contribution in [0, 0.1) is 0 Å². The third-order valence-corrected chi connectivity index (χ3v) is 4.25. The van der Waals surface area contributed by atoms with Crippen molar-refractivity contribution in [3.05, 3.63) is 23.7 Å². The smallest absolute Gasteiger partial charge is 0.289 e. The highest BCUT2D eigenvalue weighted by molar-refractivity contribution is 5.91. The van der Waals surface area contributed by atoms with Gasteiger partial charge in [0.1, 0.15) is 5.76 Å². The molecule has 6 nitrogen and oxygen atoms in total. The summed E-state index contributed by atoms with van der Waals surface area (Å²) in [6.07, 6.45) is 0. The van der Waals surface area contributed by atoms with Crippen molar-refractivity contribution in [3.8, 4) is 0 Å². The van der Waals surface area contributed by atoms with E-state index in [1.165, 1.54) is 0 Å². The van der Waals surface area contributed by atoms with Gasteiger partial charge in [-0.15, -0.1) is 0 Å². The van der Waals surface area contributed by atoms with Gasteiger partial charge in [0.05, 0.1) is 6.54 Å². The van der Waals surface area contributed by atoms with E-state index in [1.807, 2.05) is 17.0 Å². The molecule has 3 heterocycles. The first-order chi connectivity index (χ1) is 10.2. The van der Waals surface area contributed by atoms with E-state index in [4.69, 9.17) is 4.42 Å². The van der Waals surface area contributed by atoms with Crippen molar-refractivity contribution in [1.82, 2.24) is 20.0 Å². The Morgan fingerprint density at radius 2 is 1.86 bits per heavy atom. The topological polar surface area (TPSA) is 52.0 Å². The second kappa shape index (κ2) is 6.60. The van der Waals surface area contributed by atoms with E-state index >= 15 is 0 Å². The molecule has 0 aromatic carbocycles. The van der Waals surface area contributed by atoms with Crippen LogP contribution in [0.3, 0.4) is 0 Å². The van der Waals surface area contributed by atoms with Crippen LogP contribution in [0.5, 0.6) is 0 Å². The standard InChI is InChI=1S/C15H24N4O2/c1-17-8-10-18(11-9-17)12-13-2-3-14(21-13)15(20)19-6-4-16-5-7-19/h2-3,16H,4-12H2,1H3. The van der Waals surface area contributed by atoms with Gasteiger partial charge in [0.15, 0.2) is 5.76 Å². The maximum Gasteiger partial charge on any atom is 0.289 e. The molecule has 0 bridgehead atoms. The molecule has 1 aromatic heterocycles. The highest BCUT2D eigenvalue weighted by Gasteiger charge is 2.22. The second-order valence-corrected chi connectivity index (χ2v) is 5.89. The van der Waals surface area contributed by atoms with Crippen LogP contribution in [0.15, 0.2) is 16.5 Å². The lowest BCUT2D eigenvalue weighted by Gasteiger charge is -2.31. The fraction of sp³-hybridized carbons (Fsp3) is 0.667. The Kier molecular flexibility index (Phi) is 4.57. The van der Waals surface area contributed by atoms with Gasteiger partial charge in [0.2, 0.25) is 0 Å². The van der Waals surface area contributed by atoms with Gasteiger partial charge in [0.25, 0.3) is 5.91 Å². The van der Waals surface area contributed by atoms with E-state index in [0.29, 0.717) is 5.76 Å². The van der Waals surface area contributed by atoms with Gasteiger partial charge in [0, 0.05) is 52.4 Å². The highest BCUT2D eigenvalue weighted by Crippen LogP contribution is 2.14. The van der Waals surface area contributed by atoms with Crippen molar-refractivity contribution in [2.45, 2.75) is 6.54 Å². The molecule has 2 aliphatic rings. The summed E-state index contributed by atoms with van der Waals surface area (Å²) >= 11 is 0. The average Bonchev–Trinajstić information content (AvgIpc) is 2.98. The number of carbonyl (C=O) groups excluding carboxylic acids is 1. The molecule has 0 unspecified atom stereocenters. The van der Waals surface area contributed by atoms with E-state index in [1.54, 1.807) is 0 Å². The van der Waals surface area contributed by atoms with Crippen molar-refractivity contribution >= 4 is 5.91 Å². The number of carbonyl (C=O) groups is 1. The van der Waals surface area contributed by atoms with E-state index in [0.717, 1.165) is 64.7 Å². The summed E-state index contributed by atoms with van der Waals surface area (Å²) in [5, 5.41) is 3.25. The largest absolute Gasteiger partial charge is 0.455 e. The quantitative estimate of drug-likeness (QED) is 0.854. The predicted octanol–water partition coefficient (Wildman–Crippen LogP) is 0.0724. The van der Waals surface area contributed by atoms with Gasteiger partial charge in [-0.1, -0.05) is 0 Å². The number of amides is 1. The molecule has 0 spiro atoms. The first-order valence-electron chi connectivity index (χ1n) is 7.72. The zero-order valence-corrected chi connectivity index (χ0v) is 12.7. The summed E-state index contributed by atoms with van der Waals surface area (Å²) in [6.45, 7) is 8.32. The zero-order valence-electron chi connectivity index (χ0n) is 12.7. The molecule has 0 radical (unpaired) electrons. The molecular formula is C15H24N4O2. The third kappa shape index (κ3) is 3.64. The molecular weight excluding hydrogens is 268 g/mol. The van der Waals surface area contributed by atoms with Gasteiger partial charge in [-0.3, -0.25) is 9.69 Å². The van der Waals surface area contributed by atoms with Gasteiger partial charge < -0.3 is 19.5 Å². The Morgan fingerprint density at radius 3 is 2.57 bits per heavy atom. The molecule has 0 saturated carbocycles. The predicted molar refractivity (Wildman–Crippen MR) is 80.3 cm³/mol. The molecule has 2 fully saturated rings. The molecule has 1 N–H and O–H groups in total. The molecule has 0 aliphatic carbocycles. The van der Waals surface area contributed by atoms with E-state index in [-0.39, 0.29) is 5.91 Å². The Labute approximate surface area is 125 Å². The Bertz CT molecular complexity index is 474. The molecule has 1 amide bonds. The minimum atomic E-state index is 0.0149. The molecule has 3 rings (SSSR count). The summed E-state index contributed by atoms with van der Waals surface area (Å²) in [5.74, 6) is 1.38. The average molecular weight is 292 g/mol. The minimum absolute atomic E-state index is 0.0149. The fourth-order valence-corrected chi connectivity index (χ4v) is 2.83. The zero-order chi connectivity index (χ0) is 14.7. The monoisotopic (exact) mass is 292 g/mol. The second-order valence-electron chi connectivity index (χ2n) is 5.89. The number of hydrogen-bond donors (Lipinski definition) is 1. The van der Waals surface area contributed by atoms with Crippen molar-refractivity contribution in [2.75, 3.05) is 59.4 Å². The molecule has 2 saturated heterocycles. The van der Waals surface area contributed by atoms with Crippen molar-refractivity contribution in [3.63, 3.8) is 0 Å². The van der Waals surface area contributed by atoms with E-state index in [9.17, 15) is 4.79 Å². The summed E-state index contributed by atoms with van der Waals surface area (Å²) in [4.78, 5) is 18.9. The van der Waals surface area contributed by atoms with Crippen LogP contribution < -0.4 is 5.32 Å². The van der Waals surface area contributed by atoms with Crippen LogP contribution in [0.1, 0.15) is 16.3 Å².